The third-order valence-corrected chi connectivity index (χ3v) is 4.88. The van der Waals surface area contributed by atoms with Crippen LogP contribution in [0.1, 0.15) is 42.4 Å². The van der Waals surface area contributed by atoms with Crippen molar-refractivity contribution in [1.29, 1.82) is 0 Å². The predicted molar refractivity (Wildman–Crippen MR) is 87.6 cm³/mol. The van der Waals surface area contributed by atoms with Crippen LogP contribution in [0.15, 0.2) is 18.2 Å². The molecule has 0 bridgehead atoms. The van der Waals surface area contributed by atoms with Crippen LogP contribution in [-0.2, 0) is 24.4 Å². The van der Waals surface area contributed by atoms with Gasteiger partial charge in [0.25, 0.3) is 0 Å². The molecule has 3 nitrogen and oxygen atoms in total. The zero-order valence-electron chi connectivity index (χ0n) is 13.3. The van der Waals surface area contributed by atoms with Gasteiger partial charge in [0, 0.05) is 25.6 Å². The summed E-state index contributed by atoms with van der Waals surface area (Å²) < 4.78 is 38.5. The van der Waals surface area contributed by atoms with Crippen molar-refractivity contribution in [2.24, 2.45) is 11.8 Å². The quantitative estimate of drug-likeness (QED) is 0.861. The largest absolute Gasteiger partial charge is 0.391 e. The van der Waals surface area contributed by atoms with Gasteiger partial charge in [0.1, 0.15) is 0 Å². The first kappa shape index (κ1) is 19.1. The Morgan fingerprint density at radius 3 is 2.71 bits per heavy atom. The molecule has 1 aromatic rings. The molecule has 1 heterocycles. The van der Waals surface area contributed by atoms with E-state index in [0.29, 0.717) is 19.4 Å². The third kappa shape index (κ3) is 4.42. The number of amides is 1. The minimum atomic E-state index is -4.19. The van der Waals surface area contributed by atoms with E-state index in [2.05, 4.69) is 16.7 Å². The van der Waals surface area contributed by atoms with E-state index < -0.39 is 18.0 Å². The summed E-state index contributed by atoms with van der Waals surface area (Å²) in [5.41, 5.74) is 3.48. The lowest BCUT2D eigenvalue weighted by atomic mass is 9.80. The maximum atomic E-state index is 12.8. The fourth-order valence-electron chi connectivity index (χ4n) is 3.52. The molecule has 1 fully saturated rings. The van der Waals surface area contributed by atoms with Gasteiger partial charge in [0.05, 0.1) is 5.92 Å². The molecule has 0 spiro atoms. The molecule has 1 aromatic carbocycles. The normalized spacial score (nSPS) is 23.3. The summed E-state index contributed by atoms with van der Waals surface area (Å²) in [6, 6.07) is 6.05. The lowest BCUT2D eigenvalue weighted by Crippen LogP contribution is -2.37. The fraction of sp³-hybridized carbons (Fsp3) is 0.588. The van der Waals surface area contributed by atoms with Crippen LogP contribution in [-0.4, -0.2) is 12.1 Å². The topological polar surface area (TPSA) is 41.1 Å². The summed E-state index contributed by atoms with van der Waals surface area (Å²) in [5, 5.41) is 6.06. The minimum Gasteiger partial charge on any atom is -0.352 e. The van der Waals surface area contributed by atoms with Crippen LogP contribution in [0.25, 0.3) is 0 Å². The molecule has 1 aliphatic carbocycles. The molecule has 2 aliphatic rings. The van der Waals surface area contributed by atoms with E-state index in [1.807, 2.05) is 12.1 Å². The van der Waals surface area contributed by atoms with Gasteiger partial charge in [-0.25, -0.2) is 0 Å². The monoisotopic (exact) mass is 362 g/mol. The van der Waals surface area contributed by atoms with Gasteiger partial charge in [0.2, 0.25) is 5.91 Å². The number of alkyl halides is 3. The van der Waals surface area contributed by atoms with E-state index in [1.54, 1.807) is 0 Å². The van der Waals surface area contributed by atoms with Gasteiger partial charge < -0.3 is 10.6 Å². The Bertz CT molecular complexity index is 592. The van der Waals surface area contributed by atoms with Crippen LogP contribution in [0.4, 0.5) is 13.2 Å². The number of carbonyl (C=O) groups excluding carboxylic acids is 1. The molecule has 2 unspecified atom stereocenters. The molecule has 1 saturated carbocycles. The maximum Gasteiger partial charge on any atom is 0.391 e. The first-order valence-electron chi connectivity index (χ1n) is 8.09. The summed E-state index contributed by atoms with van der Waals surface area (Å²) in [7, 11) is 0. The smallest absolute Gasteiger partial charge is 0.352 e. The van der Waals surface area contributed by atoms with Crippen LogP contribution < -0.4 is 10.6 Å². The minimum absolute atomic E-state index is 0. The molecule has 1 amide bonds. The molecule has 2 N–H and O–H groups in total. The van der Waals surface area contributed by atoms with Crippen molar-refractivity contribution >= 4 is 18.3 Å². The number of hydrogen-bond donors (Lipinski definition) is 2. The number of carbonyl (C=O) groups is 1. The summed E-state index contributed by atoms with van der Waals surface area (Å²) in [4.78, 5) is 12.2. The van der Waals surface area contributed by atoms with Crippen LogP contribution in [0.3, 0.4) is 0 Å². The van der Waals surface area contributed by atoms with E-state index in [1.165, 1.54) is 11.1 Å². The molecule has 3 rings (SSSR count). The lowest BCUT2D eigenvalue weighted by molar-refractivity contribution is -0.186. The zero-order valence-corrected chi connectivity index (χ0v) is 14.1. The van der Waals surface area contributed by atoms with Gasteiger partial charge in [-0.3, -0.25) is 4.79 Å². The van der Waals surface area contributed by atoms with E-state index in [9.17, 15) is 18.0 Å². The maximum absolute atomic E-state index is 12.8. The lowest BCUT2D eigenvalue weighted by Gasteiger charge is -2.29. The Morgan fingerprint density at radius 2 is 1.96 bits per heavy atom. The summed E-state index contributed by atoms with van der Waals surface area (Å²) in [6.45, 7) is 2.06. The first-order valence-corrected chi connectivity index (χ1v) is 8.09. The van der Waals surface area contributed by atoms with Crippen molar-refractivity contribution in [2.45, 2.75) is 51.5 Å². The SMILES string of the molecule is Cl.O=C(NCc1ccc2c(c1)CNC2)C1CCCC(C(F)(F)F)C1. The molecule has 0 saturated heterocycles. The van der Waals surface area contributed by atoms with Crippen LogP contribution in [0.2, 0.25) is 0 Å². The average Bonchev–Trinajstić information content (AvgIpc) is 2.99. The second kappa shape index (κ2) is 7.74. The van der Waals surface area contributed by atoms with Crippen molar-refractivity contribution in [1.82, 2.24) is 10.6 Å². The first-order chi connectivity index (χ1) is 10.9. The molecular formula is C17H22ClF3N2O. The molecule has 0 aromatic heterocycles. The second-order valence-electron chi connectivity index (χ2n) is 6.53. The molecule has 2 atom stereocenters. The van der Waals surface area contributed by atoms with Crippen LogP contribution in [0.5, 0.6) is 0 Å². The Labute approximate surface area is 145 Å². The van der Waals surface area contributed by atoms with Gasteiger partial charge >= 0.3 is 6.18 Å². The van der Waals surface area contributed by atoms with Crippen molar-refractivity contribution in [3.63, 3.8) is 0 Å². The highest BCUT2D eigenvalue weighted by atomic mass is 35.5. The van der Waals surface area contributed by atoms with E-state index in [0.717, 1.165) is 18.7 Å². The van der Waals surface area contributed by atoms with Gasteiger partial charge in [-0.15, -0.1) is 12.4 Å². The van der Waals surface area contributed by atoms with E-state index >= 15 is 0 Å². The molecular weight excluding hydrogens is 341 g/mol. The molecule has 7 heteroatoms. The van der Waals surface area contributed by atoms with Crippen molar-refractivity contribution in [3.05, 3.63) is 34.9 Å². The number of halogens is 4. The van der Waals surface area contributed by atoms with Crippen molar-refractivity contribution in [2.75, 3.05) is 0 Å². The Hall–Kier alpha value is -1.27. The second-order valence-corrected chi connectivity index (χ2v) is 6.53. The molecule has 24 heavy (non-hydrogen) atoms. The number of nitrogens with one attached hydrogen (secondary N) is 2. The zero-order chi connectivity index (χ0) is 16.4. The highest BCUT2D eigenvalue weighted by Gasteiger charge is 2.43. The standard InChI is InChI=1S/C17H21F3N2O.ClH/c18-17(19,20)15-3-1-2-12(7-15)16(23)22-8-11-4-5-13-9-21-10-14(13)6-11;/h4-6,12,15,21H,1-3,7-10H2,(H,22,23);1H. The molecule has 0 radical (unpaired) electrons. The Balaban J connectivity index is 0.00000208. The number of fused-ring (bicyclic) bond motifs is 1. The summed E-state index contributed by atoms with van der Waals surface area (Å²) in [5.74, 6) is -2.11. The highest BCUT2D eigenvalue weighted by molar-refractivity contribution is 5.85. The van der Waals surface area contributed by atoms with Gasteiger partial charge in [-0.2, -0.15) is 13.2 Å². The van der Waals surface area contributed by atoms with Crippen molar-refractivity contribution in [3.8, 4) is 0 Å². The Kier molecular flexibility index (Phi) is 6.15. The third-order valence-electron chi connectivity index (χ3n) is 4.88. The predicted octanol–water partition coefficient (Wildman–Crippen LogP) is 3.70. The number of benzene rings is 1. The van der Waals surface area contributed by atoms with Crippen LogP contribution in [0, 0.1) is 11.8 Å². The number of hydrogen-bond acceptors (Lipinski definition) is 2. The van der Waals surface area contributed by atoms with Gasteiger partial charge in [-0.05, 0) is 36.0 Å². The highest BCUT2D eigenvalue weighted by Crippen LogP contribution is 2.39. The fourth-order valence-corrected chi connectivity index (χ4v) is 3.52. The van der Waals surface area contributed by atoms with E-state index in [-0.39, 0.29) is 31.2 Å². The van der Waals surface area contributed by atoms with Gasteiger partial charge in [-0.1, -0.05) is 24.6 Å². The van der Waals surface area contributed by atoms with Gasteiger partial charge in [0.15, 0.2) is 0 Å². The average molecular weight is 363 g/mol. The molecule has 134 valence electrons. The number of rotatable bonds is 3. The van der Waals surface area contributed by atoms with Crippen molar-refractivity contribution < 1.29 is 18.0 Å². The summed E-state index contributed by atoms with van der Waals surface area (Å²) in [6.07, 6.45) is -3.11. The molecule has 1 aliphatic heterocycles. The summed E-state index contributed by atoms with van der Waals surface area (Å²) >= 11 is 0. The Morgan fingerprint density at radius 1 is 1.21 bits per heavy atom. The van der Waals surface area contributed by atoms with Crippen LogP contribution >= 0.6 is 12.4 Å². The van der Waals surface area contributed by atoms with E-state index in [4.69, 9.17) is 0 Å².